The molecule has 5 aromatic carbocycles. The smallest absolute Gasteiger partial charge is 0.169 e. The largest absolute Gasteiger partial charge is 0.274 e. The Hall–Kier alpha value is -4.50. The molecule has 0 amide bonds. The first-order valence-corrected chi connectivity index (χ1v) is 11.5. The van der Waals surface area contributed by atoms with Gasteiger partial charge in [0.15, 0.2) is 11.5 Å². The fourth-order valence-electron chi connectivity index (χ4n) is 4.98. The third kappa shape index (κ3) is 2.84. The summed E-state index contributed by atoms with van der Waals surface area (Å²) in [6.07, 6.45) is 0. The Bertz CT molecular complexity index is 1860. The quantitative estimate of drug-likeness (QED) is 0.259. The lowest BCUT2D eigenvalue weighted by Gasteiger charge is -2.12. The van der Waals surface area contributed by atoms with Gasteiger partial charge in [-0.25, -0.2) is 0 Å². The van der Waals surface area contributed by atoms with Crippen LogP contribution in [0.1, 0.15) is 5.56 Å². The molecule has 3 nitrogen and oxygen atoms in total. The van der Waals surface area contributed by atoms with Gasteiger partial charge in [0.1, 0.15) is 0 Å². The number of hydrogen-bond donors (Lipinski definition) is 0. The molecule has 2 aromatic heterocycles. The number of aromatic nitrogens is 3. The summed E-state index contributed by atoms with van der Waals surface area (Å²) < 4.78 is 2.20. The van der Waals surface area contributed by atoms with Crippen molar-refractivity contribution >= 4 is 38.1 Å². The van der Waals surface area contributed by atoms with Crippen molar-refractivity contribution in [3.63, 3.8) is 0 Å². The number of pyridine rings is 1. The molecule has 0 spiro atoms. The zero-order valence-corrected chi connectivity index (χ0v) is 18.7. The second kappa shape index (κ2) is 7.26. The summed E-state index contributed by atoms with van der Waals surface area (Å²) in [7, 11) is 0. The van der Waals surface area contributed by atoms with Crippen LogP contribution in [0.3, 0.4) is 0 Å². The SMILES string of the molecule is Cc1ccc(-c2nnc3c4ccccc4c4cc(-c5ccc6ccccc6c5)ccc4n23)cc1. The van der Waals surface area contributed by atoms with Crippen molar-refractivity contribution in [3.05, 3.63) is 115 Å². The van der Waals surface area contributed by atoms with Crippen LogP contribution in [0.25, 0.3) is 60.6 Å². The van der Waals surface area contributed by atoms with Crippen molar-refractivity contribution in [2.75, 3.05) is 0 Å². The van der Waals surface area contributed by atoms with Gasteiger partial charge in [-0.1, -0.05) is 96.6 Å². The van der Waals surface area contributed by atoms with Gasteiger partial charge in [-0.15, -0.1) is 10.2 Å². The first-order valence-electron chi connectivity index (χ1n) is 11.5. The number of rotatable bonds is 2. The Morgan fingerprint density at radius 3 is 2.06 bits per heavy atom. The van der Waals surface area contributed by atoms with Gasteiger partial charge in [-0.05, 0) is 52.4 Å². The molecule has 0 saturated carbocycles. The second-order valence-corrected chi connectivity index (χ2v) is 8.89. The molecule has 0 aliphatic heterocycles. The van der Waals surface area contributed by atoms with E-state index in [-0.39, 0.29) is 0 Å². The van der Waals surface area contributed by atoms with Crippen molar-refractivity contribution in [2.24, 2.45) is 0 Å². The van der Waals surface area contributed by atoms with E-state index >= 15 is 0 Å². The topological polar surface area (TPSA) is 30.2 Å². The summed E-state index contributed by atoms with van der Waals surface area (Å²) in [5.41, 5.74) is 6.71. The maximum absolute atomic E-state index is 4.62. The molecule has 0 aliphatic rings. The number of benzene rings is 5. The first kappa shape index (κ1) is 19.0. The second-order valence-electron chi connectivity index (χ2n) is 8.89. The summed E-state index contributed by atoms with van der Waals surface area (Å²) in [5.74, 6) is 0.865. The summed E-state index contributed by atoms with van der Waals surface area (Å²) >= 11 is 0. The van der Waals surface area contributed by atoms with Crippen molar-refractivity contribution in [2.45, 2.75) is 6.92 Å². The standard InChI is InChI=1S/C31H21N3/c1-20-10-12-22(13-11-20)30-32-33-31-27-9-5-4-8-26(27)28-19-25(16-17-29(28)34(30)31)24-15-14-21-6-2-3-7-23(21)18-24/h2-19H,1H3. The molecule has 160 valence electrons. The van der Waals surface area contributed by atoms with E-state index in [9.17, 15) is 0 Å². The van der Waals surface area contributed by atoms with E-state index in [2.05, 4.69) is 131 Å². The molecule has 0 N–H and O–H groups in total. The molecule has 0 unspecified atom stereocenters. The van der Waals surface area contributed by atoms with Crippen LogP contribution in [0.5, 0.6) is 0 Å². The van der Waals surface area contributed by atoms with E-state index < -0.39 is 0 Å². The minimum absolute atomic E-state index is 0.865. The normalized spacial score (nSPS) is 11.7. The maximum atomic E-state index is 4.62. The van der Waals surface area contributed by atoms with E-state index in [1.807, 2.05) is 0 Å². The first-order chi connectivity index (χ1) is 16.8. The molecule has 34 heavy (non-hydrogen) atoms. The Kier molecular flexibility index (Phi) is 4.06. The molecule has 0 bridgehead atoms. The lowest BCUT2D eigenvalue weighted by Crippen LogP contribution is -1.95. The molecular formula is C31H21N3. The zero-order chi connectivity index (χ0) is 22.6. The molecule has 0 atom stereocenters. The number of nitrogens with zero attached hydrogens (tertiary/aromatic N) is 3. The molecule has 2 heterocycles. The van der Waals surface area contributed by atoms with E-state index in [0.717, 1.165) is 27.9 Å². The lowest BCUT2D eigenvalue weighted by atomic mass is 9.98. The predicted octanol–water partition coefficient (Wildman–Crippen LogP) is 7.83. The van der Waals surface area contributed by atoms with Crippen molar-refractivity contribution in [1.82, 2.24) is 14.6 Å². The van der Waals surface area contributed by atoms with E-state index in [0.29, 0.717) is 0 Å². The Morgan fingerprint density at radius 2 is 1.21 bits per heavy atom. The third-order valence-electron chi connectivity index (χ3n) is 6.75. The number of fused-ring (bicyclic) bond motifs is 7. The Morgan fingerprint density at radius 1 is 0.529 bits per heavy atom. The van der Waals surface area contributed by atoms with Gasteiger partial charge in [0.05, 0.1) is 5.52 Å². The fraction of sp³-hybridized carbons (Fsp3) is 0.0323. The van der Waals surface area contributed by atoms with Crippen molar-refractivity contribution < 1.29 is 0 Å². The van der Waals surface area contributed by atoms with Crippen LogP contribution in [0, 0.1) is 6.92 Å². The molecule has 0 radical (unpaired) electrons. The highest BCUT2D eigenvalue weighted by Crippen LogP contribution is 2.35. The zero-order valence-electron chi connectivity index (χ0n) is 18.7. The van der Waals surface area contributed by atoms with Gasteiger partial charge in [0.25, 0.3) is 0 Å². The van der Waals surface area contributed by atoms with Crippen molar-refractivity contribution in [3.8, 4) is 22.5 Å². The minimum atomic E-state index is 0.865. The average molecular weight is 436 g/mol. The van der Waals surface area contributed by atoms with Gasteiger partial charge in [-0.3, -0.25) is 4.40 Å². The Balaban J connectivity index is 1.54. The molecular weight excluding hydrogens is 414 g/mol. The molecule has 7 aromatic rings. The van der Waals surface area contributed by atoms with Gasteiger partial charge < -0.3 is 0 Å². The molecule has 0 fully saturated rings. The lowest BCUT2D eigenvalue weighted by molar-refractivity contribution is 1.12. The summed E-state index contributed by atoms with van der Waals surface area (Å²) in [6, 6.07) is 38.9. The summed E-state index contributed by atoms with van der Waals surface area (Å²) in [5, 5.41) is 15.2. The van der Waals surface area contributed by atoms with Crippen molar-refractivity contribution in [1.29, 1.82) is 0 Å². The maximum Gasteiger partial charge on any atom is 0.169 e. The fourth-order valence-corrected chi connectivity index (χ4v) is 4.98. The number of aryl methyl sites for hydroxylation is 1. The van der Waals surface area contributed by atoms with Gasteiger partial charge in [0, 0.05) is 16.3 Å². The van der Waals surface area contributed by atoms with E-state index in [1.165, 1.54) is 38.2 Å². The Labute approximate surface area is 196 Å². The molecule has 0 aliphatic carbocycles. The van der Waals surface area contributed by atoms with E-state index in [4.69, 9.17) is 0 Å². The summed E-state index contributed by atoms with van der Waals surface area (Å²) in [4.78, 5) is 0. The van der Waals surface area contributed by atoms with Crippen LogP contribution in [0.2, 0.25) is 0 Å². The van der Waals surface area contributed by atoms with Crippen LogP contribution in [0.4, 0.5) is 0 Å². The minimum Gasteiger partial charge on any atom is -0.274 e. The van der Waals surface area contributed by atoms with Gasteiger partial charge >= 0.3 is 0 Å². The molecule has 0 saturated heterocycles. The van der Waals surface area contributed by atoms with Crippen LogP contribution in [0.15, 0.2) is 109 Å². The van der Waals surface area contributed by atoms with Crippen LogP contribution in [-0.2, 0) is 0 Å². The summed E-state index contributed by atoms with van der Waals surface area (Å²) in [6.45, 7) is 2.10. The third-order valence-corrected chi connectivity index (χ3v) is 6.75. The van der Waals surface area contributed by atoms with Crippen LogP contribution < -0.4 is 0 Å². The van der Waals surface area contributed by atoms with E-state index in [1.54, 1.807) is 0 Å². The van der Waals surface area contributed by atoms with Gasteiger partial charge in [0.2, 0.25) is 0 Å². The molecule has 3 heteroatoms. The van der Waals surface area contributed by atoms with Gasteiger partial charge in [-0.2, -0.15) is 0 Å². The highest BCUT2D eigenvalue weighted by atomic mass is 15.2. The molecule has 7 rings (SSSR count). The highest BCUT2D eigenvalue weighted by Gasteiger charge is 2.16. The highest BCUT2D eigenvalue weighted by molar-refractivity contribution is 6.13. The van der Waals surface area contributed by atoms with Crippen LogP contribution >= 0.6 is 0 Å². The average Bonchev–Trinajstić information content (AvgIpc) is 3.34. The monoisotopic (exact) mass is 435 g/mol. The van der Waals surface area contributed by atoms with Crippen LogP contribution in [-0.4, -0.2) is 14.6 Å². The predicted molar refractivity (Wildman–Crippen MR) is 141 cm³/mol. The number of hydrogen-bond acceptors (Lipinski definition) is 2.